The summed E-state index contributed by atoms with van der Waals surface area (Å²) >= 11 is 15.8. The maximum atomic E-state index is 13.2. The van der Waals surface area contributed by atoms with Crippen LogP contribution in [-0.2, 0) is 13.1 Å². The molecule has 0 radical (unpaired) electrons. The molecule has 4 nitrogen and oxygen atoms in total. The van der Waals surface area contributed by atoms with E-state index in [9.17, 15) is 10.1 Å². The zero-order chi connectivity index (χ0) is 22.0. The molecule has 1 heterocycles. The molecule has 0 aliphatic rings. The summed E-state index contributed by atoms with van der Waals surface area (Å²) in [7, 11) is 0. The number of rotatable bonds is 5. The van der Waals surface area contributed by atoms with Crippen LogP contribution in [0.25, 0.3) is 10.9 Å². The Morgan fingerprint density at radius 3 is 2.48 bits per heavy atom. The topological polar surface area (TPSA) is 57.8 Å². The van der Waals surface area contributed by atoms with Crippen molar-refractivity contribution < 1.29 is 4.79 Å². The fourth-order valence-electron chi connectivity index (χ4n) is 3.55. The van der Waals surface area contributed by atoms with Crippen LogP contribution in [-0.4, -0.2) is 10.5 Å². The number of amides is 1. The Labute approximate surface area is 198 Å². The van der Waals surface area contributed by atoms with Crippen LogP contribution >= 0.6 is 39.1 Å². The fraction of sp³-hybridized carbons (Fsp3) is 0.0833. The van der Waals surface area contributed by atoms with Gasteiger partial charge in [0.2, 0.25) is 0 Å². The maximum absolute atomic E-state index is 13.2. The van der Waals surface area contributed by atoms with Gasteiger partial charge in [0.05, 0.1) is 21.6 Å². The minimum absolute atomic E-state index is 0.226. The number of para-hydroxylation sites is 1. The number of nitrogens with one attached hydrogen (secondary N) is 1. The molecule has 1 N–H and O–H groups in total. The lowest BCUT2D eigenvalue weighted by Crippen LogP contribution is -2.26. The second-order valence-corrected chi connectivity index (χ2v) is 8.70. The average molecular weight is 513 g/mol. The van der Waals surface area contributed by atoms with E-state index < -0.39 is 0 Å². The first kappa shape index (κ1) is 21.5. The molecule has 31 heavy (non-hydrogen) atoms. The summed E-state index contributed by atoms with van der Waals surface area (Å²) in [6.07, 6.45) is 0. The van der Waals surface area contributed by atoms with Crippen molar-refractivity contribution in [3.8, 4) is 6.07 Å². The number of benzene rings is 3. The third-order valence-electron chi connectivity index (χ3n) is 4.90. The molecule has 3 aromatic carbocycles. The van der Waals surface area contributed by atoms with Gasteiger partial charge in [-0.1, -0.05) is 53.5 Å². The molecular formula is C24H16BrCl2N3O. The van der Waals surface area contributed by atoms with Crippen LogP contribution in [0.4, 0.5) is 0 Å². The third kappa shape index (κ3) is 4.62. The van der Waals surface area contributed by atoms with Gasteiger partial charge in [-0.2, -0.15) is 5.26 Å². The molecule has 0 saturated heterocycles. The summed E-state index contributed by atoms with van der Waals surface area (Å²) in [5, 5.41) is 14.2. The number of hydrogen-bond acceptors (Lipinski definition) is 2. The van der Waals surface area contributed by atoms with Crippen LogP contribution in [0.2, 0.25) is 10.0 Å². The van der Waals surface area contributed by atoms with Crippen molar-refractivity contribution in [1.29, 1.82) is 5.26 Å². The predicted octanol–water partition coefficient (Wildman–Crippen LogP) is 6.56. The van der Waals surface area contributed by atoms with Crippen molar-refractivity contribution in [2.45, 2.75) is 13.1 Å². The highest BCUT2D eigenvalue weighted by Gasteiger charge is 2.21. The van der Waals surface area contributed by atoms with Crippen LogP contribution in [0, 0.1) is 11.3 Å². The van der Waals surface area contributed by atoms with Gasteiger partial charge >= 0.3 is 0 Å². The van der Waals surface area contributed by atoms with E-state index in [1.807, 2.05) is 47.0 Å². The molecule has 0 bridgehead atoms. The van der Waals surface area contributed by atoms with Crippen LogP contribution in [0.15, 0.2) is 71.2 Å². The Balaban J connectivity index is 1.70. The van der Waals surface area contributed by atoms with Crippen molar-refractivity contribution >= 4 is 55.9 Å². The quantitative estimate of drug-likeness (QED) is 0.329. The molecule has 0 spiro atoms. The van der Waals surface area contributed by atoms with Gasteiger partial charge in [0.1, 0.15) is 5.69 Å². The molecule has 154 valence electrons. The highest BCUT2D eigenvalue weighted by Crippen LogP contribution is 2.32. The molecular weight excluding hydrogens is 497 g/mol. The van der Waals surface area contributed by atoms with E-state index in [2.05, 4.69) is 27.3 Å². The highest BCUT2D eigenvalue weighted by molar-refractivity contribution is 9.10. The van der Waals surface area contributed by atoms with Crippen molar-refractivity contribution in [3.05, 3.63) is 104 Å². The van der Waals surface area contributed by atoms with Gasteiger partial charge in [0.25, 0.3) is 5.91 Å². The number of aromatic nitrogens is 1. The summed E-state index contributed by atoms with van der Waals surface area (Å²) in [5.41, 5.74) is 3.76. The summed E-state index contributed by atoms with van der Waals surface area (Å²) < 4.78 is 2.68. The van der Waals surface area contributed by atoms with E-state index in [-0.39, 0.29) is 12.5 Å². The van der Waals surface area contributed by atoms with Gasteiger partial charge in [-0.05, 0) is 63.5 Å². The van der Waals surface area contributed by atoms with E-state index in [0.29, 0.717) is 27.8 Å². The number of nitrogens with zero attached hydrogens (tertiary/aromatic N) is 2. The van der Waals surface area contributed by atoms with Gasteiger partial charge in [-0.15, -0.1) is 0 Å². The second-order valence-electron chi connectivity index (χ2n) is 7.04. The van der Waals surface area contributed by atoms with Gasteiger partial charge in [-0.3, -0.25) is 4.79 Å². The molecule has 7 heteroatoms. The first-order valence-electron chi connectivity index (χ1n) is 9.45. The van der Waals surface area contributed by atoms with E-state index in [0.717, 1.165) is 26.5 Å². The van der Waals surface area contributed by atoms with Gasteiger partial charge < -0.3 is 9.88 Å². The van der Waals surface area contributed by atoms with E-state index in [1.165, 1.54) is 0 Å². The Morgan fingerprint density at radius 1 is 1.00 bits per heavy atom. The highest BCUT2D eigenvalue weighted by atomic mass is 79.9. The van der Waals surface area contributed by atoms with Crippen LogP contribution in [0.1, 0.15) is 27.2 Å². The number of carbonyl (C=O) groups excluding carboxylic acids is 1. The molecule has 0 aliphatic carbocycles. The first-order chi connectivity index (χ1) is 15.0. The molecule has 0 fully saturated rings. The van der Waals surface area contributed by atoms with Gasteiger partial charge in [0, 0.05) is 28.5 Å². The predicted molar refractivity (Wildman–Crippen MR) is 128 cm³/mol. The minimum Gasteiger partial charge on any atom is -0.347 e. The second kappa shape index (κ2) is 9.15. The fourth-order valence-corrected chi connectivity index (χ4v) is 4.85. The smallest absolute Gasteiger partial charge is 0.269 e. The van der Waals surface area contributed by atoms with Crippen molar-refractivity contribution in [2.75, 3.05) is 0 Å². The average Bonchev–Trinajstić information content (AvgIpc) is 3.03. The Hall–Kier alpha value is -2.78. The van der Waals surface area contributed by atoms with Crippen LogP contribution in [0.3, 0.4) is 0 Å². The number of halogens is 3. The number of hydrogen-bond donors (Lipinski definition) is 1. The number of nitriles is 1. The lowest BCUT2D eigenvalue weighted by Gasteiger charge is -2.12. The van der Waals surface area contributed by atoms with E-state index in [4.69, 9.17) is 23.2 Å². The summed E-state index contributed by atoms with van der Waals surface area (Å²) in [4.78, 5) is 13.2. The Morgan fingerprint density at radius 2 is 1.74 bits per heavy atom. The van der Waals surface area contributed by atoms with Gasteiger partial charge in [0.15, 0.2) is 0 Å². The van der Waals surface area contributed by atoms with Gasteiger partial charge in [-0.25, -0.2) is 0 Å². The SMILES string of the molecule is N#Cc1cccc(Cn2c(C(=O)NCc3cc(Cl)cc(Cl)c3)c(Br)c3ccccc32)c1. The normalized spacial score (nSPS) is 10.8. The lowest BCUT2D eigenvalue weighted by molar-refractivity contribution is 0.0941. The molecule has 1 amide bonds. The van der Waals surface area contributed by atoms with E-state index in [1.54, 1.807) is 24.3 Å². The lowest BCUT2D eigenvalue weighted by atomic mass is 10.1. The van der Waals surface area contributed by atoms with Crippen LogP contribution in [0.5, 0.6) is 0 Å². The first-order valence-corrected chi connectivity index (χ1v) is 11.0. The molecule has 1 aromatic heterocycles. The van der Waals surface area contributed by atoms with Crippen molar-refractivity contribution in [2.24, 2.45) is 0 Å². The summed E-state index contributed by atoms with van der Waals surface area (Å²) in [6.45, 7) is 0.740. The summed E-state index contributed by atoms with van der Waals surface area (Å²) in [5.74, 6) is -0.226. The molecule has 0 unspecified atom stereocenters. The standard InChI is InChI=1S/C24H16BrCl2N3O/c25-22-20-6-1-2-7-21(20)30(14-16-5-3-4-15(8-16)12-28)23(22)24(31)29-13-17-9-18(26)11-19(27)10-17/h1-11H,13-14H2,(H,29,31). The summed E-state index contributed by atoms with van der Waals surface area (Å²) in [6, 6.07) is 22.5. The van der Waals surface area contributed by atoms with Crippen molar-refractivity contribution in [3.63, 3.8) is 0 Å². The minimum atomic E-state index is -0.226. The molecule has 0 atom stereocenters. The maximum Gasteiger partial charge on any atom is 0.269 e. The Bertz CT molecular complexity index is 1320. The number of carbonyl (C=O) groups is 1. The monoisotopic (exact) mass is 511 g/mol. The largest absolute Gasteiger partial charge is 0.347 e. The zero-order valence-electron chi connectivity index (χ0n) is 16.2. The van der Waals surface area contributed by atoms with Crippen molar-refractivity contribution in [1.82, 2.24) is 9.88 Å². The molecule has 0 saturated carbocycles. The molecule has 4 aromatic rings. The number of fused-ring (bicyclic) bond motifs is 1. The molecule has 0 aliphatic heterocycles. The Kier molecular flexibility index (Phi) is 6.33. The third-order valence-corrected chi connectivity index (χ3v) is 6.14. The van der Waals surface area contributed by atoms with E-state index >= 15 is 0 Å². The zero-order valence-corrected chi connectivity index (χ0v) is 19.3. The molecule has 4 rings (SSSR count). The van der Waals surface area contributed by atoms with Crippen LogP contribution < -0.4 is 5.32 Å².